The number of carbonyl (C=O) groups excluding carboxylic acids is 1. The minimum atomic E-state index is -0.924. The number of carboxylic acid groups (broad SMARTS) is 1. The molecule has 150 valence electrons. The number of esters is 1. The minimum Gasteiger partial charge on any atom is -0.479 e. The van der Waals surface area contributed by atoms with E-state index >= 15 is 0 Å². The Balaban J connectivity index is 1.92. The number of rotatable bonds is 5. The second-order valence-corrected chi connectivity index (χ2v) is 7.70. The highest BCUT2D eigenvalue weighted by atomic mass is 16.5. The molecule has 1 fully saturated rings. The van der Waals surface area contributed by atoms with Gasteiger partial charge in [0.25, 0.3) is 0 Å². The monoisotopic (exact) mass is 391 g/mol. The lowest BCUT2D eigenvalue weighted by Gasteiger charge is -2.21. The predicted molar refractivity (Wildman–Crippen MR) is 111 cm³/mol. The fourth-order valence-electron chi connectivity index (χ4n) is 4.53. The molecule has 1 heterocycles. The van der Waals surface area contributed by atoms with Crippen LogP contribution in [0.15, 0.2) is 54.7 Å². The first-order valence-electron chi connectivity index (χ1n) is 10.1. The third-order valence-corrected chi connectivity index (χ3v) is 5.96. The fraction of sp³-hybridized carbons (Fsp3) is 0.333. The SMILES string of the molecule is COC(=O)c1ccc2c(C3CCCCC3)cn(C(C(=O)O)c3ccccc3)c2c1. The highest BCUT2D eigenvalue weighted by Crippen LogP contribution is 2.39. The molecule has 0 radical (unpaired) electrons. The number of hydrogen-bond acceptors (Lipinski definition) is 3. The average molecular weight is 391 g/mol. The predicted octanol–water partition coefficient (Wildman–Crippen LogP) is 5.15. The summed E-state index contributed by atoms with van der Waals surface area (Å²) in [7, 11) is 1.35. The molecule has 1 atom stereocenters. The van der Waals surface area contributed by atoms with E-state index in [-0.39, 0.29) is 0 Å². The van der Waals surface area contributed by atoms with E-state index < -0.39 is 18.0 Å². The van der Waals surface area contributed by atoms with Gasteiger partial charge in [0.15, 0.2) is 6.04 Å². The molecule has 5 heteroatoms. The van der Waals surface area contributed by atoms with Crippen molar-refractivity contribution in [3.63, 3.8) is 0 Å². The number of hydrogen-bond donors (Lipinski definition) is 1. The van der Waals surface area contributed by atoms with Crippen molar-refractivity contribution in [3.05, 3.63) is 71.4 Å². The van der Waals surface area contributed by atoms with Crippen molar-refractivity contribution in [2.45, 2.75) is 44.1 Å². The van der Waals surface area contributed by atoms with Crippen LogP contribution >= 0.6 is 0 Å². The zero-order chi connectivity index (χ0) is 20.4. The van der Waals surface area contributed by atoms with Crippen LogP contribution in [-0.4, -0.2) is 28.7 Å². The van der Waals surface area contributed by atoms with Crippen molar-refractivity contribution < 1.29 is 19.4 Å². The number of ether oxygens (including phenoxy) is 1. The van der Waals surface area contributed by atoms with E-state index in [0.717, 1.165) is 23.7 Å². The maximum Gasteiger partial charge on any atom is 0.337 e. The molecule has 0 saturated heterocycles. The lowest BCUT2D eigenvalue weighted by Crippen LogP contribution is -2.19. The first kappa shape index (κ1) is 19.2. The van der Waals surface area contributed by atoms with Crippen molar-refractivity contribution >= 4 is 22.8 Å². The van der Waals surface area contributed by atoms with E-state index in [2.05, 4.69) is 0 Å². The van der Waals surface area contributed by atoms with Crippen molar-refractivity contribution in [1.29, 1.82) is 0 Å². The molecule has 1 aliphatic carbocycles. The molecule has 1 unspecified atom stereocenters. The van der Waals surface area contributed by atoms with Crippen molar-refractivity contribution in [3.8, 4) is 0 Å². The molecule has 1 saturated carbocycles. The largest absolute Gasteiger partial charge is 0.479 e. The summed E-state index contributed by atoms with van der Waals surface area (Å²) in [5.41, 5.74) is 3.06. The molecular formula is C24H25NO4. The van der Waals surface area contributed by atoms with Crippen molar-refractivity contribution in [2.75, 3.05) is 7.11 Å². The molecule has 0 aliphatic heterocycles. The van der Waals surface area contributed by atoms with Gasteiger partial charge in [0.2, 0.25) is 0 Å². The Hall–Kier alpha value is -3.08. The van der Waals surface area contributed by atoms with Crippen LogP contribution in [0.5, 0.6) is 0 Å². The van der Waals surface area contributed by atoms with Gasteiger partial charge in [-0.25, -0.2) is 9.59 Å². The average Bonchev–Trinajstić information content (AvgIpc) is 3.13. The molecule has 0 bridgehead atoms. The Morgan fingerprint density at radius 2 is 1.79 bits per heavy atom. The normalized spacial score (nSPS) is 15.9. The van der Waals surface area contributed by atoms with Gasteiger partial charge in [-0.3, -0.25) is 0 Å². The molecule has 1 aromatic heterocycles. The van der Waals surface area contributed by atoms with Crippen LogP contribution < -0.4 is 0 Å². The van der Waals surface area contributed by atoms with E-state index in [9.17, 15) is 14.7 Å². The van der Waals surface area contributed by atoms with E-state index in [0.29, 0.717) is 17.0 Å². The van der Waals surface area contributed by atoms with Gasteiger partial charge in [0.05, 0.1) is 18.2 Å². The highest BCUT2D eigenvalue weighted by molar-refractivity contribution is 5.96. The lowest BCUT2D eigenvalue weighted by molar-refractivity contribution is -0.139. The van der Waals surface area contributed by atoms with Crippen LogP contribution in [0.3, 0.4) is 0 Å². The minimum absolute atomic E-state index is 0.418. The second kappa shape index (κ2) is 8.11. The summed E-state index contributed by atoms with van der Waals surface area (Å²) in [6.07, 6.45) is 7.86. The third-order valence-electron chi connectivity index (χ3n) is 5.96. The molecule has 4 rings (SSSR count). The zero-order valence-electron chi connectivity index (χ0n) is 16.5. The number of nitrogens with zero attached hydrogens (tertiary/aromatic N) is 1. The van der Waals surface area contributed by atoms with Gasteiger partial charge in [0.1, 0.15) is 0 Å². The van der Waals surface area contributed by atoms with E-state index in [1.807, 2.05) is 47.2 Å². The van der Waals surface area contributed by atoms with E-state index in [4.69, 9.17) is 4.74 Å². The number of aromatic nitrogens is 1. The summed E-state index contributed by atoms with van der Waals surface area (Å²) in [5, 5.41) is 11.1. The summed E-state index contributed by atoms with van der Waals surface area (Å²) in [6.45, 7) is 0. The highest BCUT2D eigenvalue weighted by Gasteiger charge is 2.27. The molecule has 1 N–H and O–H groups in total. The van der Waals surface area contributed by atoms with Crippen molar-refractivity contribution in [1.82, 2.24) is 4.57 Å². The third kappa shape index (κ3) is 3.65. The van der Waals surface area contributed by atoms with Gasteiger partial charge in [-0.15, -0.1) is 0 Å². The first-order valence-corrected chi connectivity index (χ1v) is 10.1. The number of methoxy groups -OCH3 is 1. The Morgan fingerprint density at radius 1 is 1.07 bits per heavy atom. The summed E-state index contributed by atoms with van der Waals surface area (Å²) < 4.78 is 6.69. The standard InChI is InChI=1S/C24H25NO4/c1-29-24(28)18-12-13-19-20(16-8-4-2-5-9-16)15-25(21(19)14-18)22(23(26)27)17-10-6-3-7-11-17/h3,6-7,10-16,22H,2,4-5,8-9H2,1H3,(H,26,27). The lowest BCUT2D eigenvalue weighted by atomic mass is 9.84. The molecule has 1 aliphatic rings. The van der Waals surface area contributed by atoms with Crippen LogP contribution in [0.1, 0.15) is 65.5 Å². The Kier molecular flexibility index (Phi) is 5.38. The quantitative estimate of drug-likeness (QED) is 0.611. The summed E-state index contributed by atoms with van der Waals surface area (Å²) in [6, 6.07) is 13.8. The zero-order valence-corrected chi connectivity index (χ0v) is 16.5. The van der Waals surface area contributed by atoms with Crippen LogP contribution in [0.25, 0.3) is 10.9 Å². The molecule has 2 aromatic carbocycles. The molecule has 29 heavy (non-hydrogen) atoms. The van der Waals surface area contributed by atoms with E-state index in [1.54, 1.807) is 12.1 Å². The number of aliphatic carboxylic acids is 1. The number of carbonyl (C=O) groups is 2. The summed E-state index contributed by atoms with van der Waals surface area (Å²) >= 11 is 0. The molecule has 5 nitrogen and oxygen atoms in total. The molecule has 0 amide bonds. The number of benzene rings is 2. The van der Waals surface area contributed by atoms with Gasteiger partial charge in [0, 0.05) is 11.6 Å². The van der Waals surface area contributed by atoms with Gasteiger partial charge in [-0.2, -0.15) is 0 Å². The Labute approximate surface area is 169 Å². The van der Waals surface area contributed by atoms with E-state index in [1.165, 1.54) is 31.9 Å². The second-order valence-electron chi connectivity index (χ2n) is 7.70. The molecular weight excluding hydrogens is 366 g/mol. The maximum atomic E-state index is 12.3. The van der Waals surface area contributed by atoms with Crippen LogP contribution in [0.4, 0.5) is 0 Å². The van der Waals surface area contributed by atoms with Gasteiger partial charge in [-0.05, 0) is 42.0 Å². The maximum absolute atomic E-state index is 12.3. The first-order chi connectivity index (χ1) is 14.1. The Morgan fingerprint density at radius 3 is 2.45 bits per heavy atom. The van der Waals surface area contributed by atoms with Gasteiger partial charge >= 0.3 is 11.9 Å². The van der Waals surface area contributed by atoms with Gasteiger partial charge < -0.3 is 14.4 Å². The summed E-state index contributed by atoms with van der Waals surface area (Å²) in [5.74, 6) is -0.932. The molecule has 0 spiro atoms. The smallest absolute Gasteiger partial charge is 0.337 e. The van der Waals surface area contributed by atoms with Crippen LogP contribution in [0, 0.1) is 0 Å². The van der Waals surface area contributed by atoms with Crippen LogP contribution in [-0.2, 0) is 9.53 Å². The topological polar surface area (TPSA) is 68.5 Å². The number of carboxylic acids is 1. The van der Waals surface area contributed by atoms with Crippen molar-refractivity contribution in [2.24, 2.45) is 0 Å². The molecule has 3 aromatic rings. The van der Waals surface area contributed by atoms with Crippen LogP contribution in [0.2, 0.25) is 0 Å². The Bertz CT molecular complexity index is 1030. The van der Waals surface area contributed by atoms with Gasteiger partial charge in [-0.1, -0.05) is 55.7 Å². The fourth-order valence-corrected chi connectivity index (χ4v) is 4.53. The number of fused-ring (bicyclic) bond motifs is 1. The summed E-state index contributed by atoms with van der Waals surface area (Å²) in [4.78, 5) is 24.4.